The van der Waals surface area contributed by atoms with Crippen molar-refractivity contribution in [3.63, 3.8) is 0 Å². The van der Waals surface area contributed by atoms with Crippen LogP contribution in [0.2, 0.25) is 0 Å². The van der Waals surface area contributed by atoms with Gasteiger partial charge in [-0.2, -0.15) is 0 Å². The molecule has 2 heterocycles. The smallest absolute Gasteiger partial charge is 0.227 e. The van der Waals surface area contributed by atoms with Crippen LogP contribution in [0.25, 0.3) is 11.0 Å². The van der Waals surface area contributed by atoms with Crippen LogP contribution in [0.4, 0.5) is 0 Å². The van der Waals surface area contributed by atoms with Gasteiger partial charge in [0.05, 0.1) is 18.8 Å². The number of carbonyl (C=O) groups excluding carboxylic acids is 1. The van der Waals surface area contributed by atoms with E-state index < -0.39 is 0 Å². The van der Waals surface area contributed by atoms with Gasteiger partial charge in [-0.25, -0.2) is 0 Å². The minimum Gasteiger partial charge on any atom is -0.464 e. The van der Waals surface area contributed by atoms with E-state index in [1.807, 2.05) is 36.2 Å². The normalized spacial score (nSPS) is 26.5. The number of benzene rings is 1. The number of ether oxygens (including phenoxy) is 1. The van der Waals surface area contributed by atoms with Gasteiger partial charge in [0.1, 0.15) is 5.58 Å². The maximum absolute atomic E-state index is 13.2. The molecule has 2 fully saturated rings. The van der Waals surface area contributed by atoms with Crippen molar-refractivity contribution in [2.24, 2.45) is 0 Å². The molecule has 5 nitrogen and oxygen atoms in total. The maximum atomic E-state index is 13.2. The average molecular weight is 370 g/mol. The van der Waals surface area contributed by atoms with Crippen molar-refractivity contribution in [1.29, 1.82) is 0 Å². The molecule has 4 rings (SSSR count). The first-order chi connectivity index (χ1) is 13.2. The summed E-state index contributed by atoms with van der Waals surface area (Å²) in [6.45, 7) is 2.32. The molecule has 5 heteroatoms. The summed E-state index contributed by atoms with van der Waals surface area (Å²) in [6.07, 6.45) is 8.03. The first-order valence-corrected chi connectivity index (χ1v) is 10.1. The maximum Gasteiger partial charge on any atom is 0.227 e. The molecule has 0 spiro atoms. The summed E-state index contributed by atoms with van der Waals surface area (Å²) in [6, 6.07) is 8.56. The number of furan rings is 1. The Morgan fingerprint density at radius 1 is 1.26 bits per heavy atom. The van der Waals surface area contributed by atoms with E-state index in [0.29, 0.717) is 12.5 Å². The predicted octanol–water partition coefficient (Wildman–Crippen LogP) is 3.47. The molecule has 2 aromatic rings. The minimum absolute atomic E-state index is 0.176. The number of hydrogen-bond acceptors (Lipinski definition) is 4. The van der Waals surface area contributed by atoms with Crippen molar-refractivity contribution in [2.45, 2.75) is 56.7 Å². The Morgan fingerprint density at radius 3 is 2.85 bits per heavy atom. The van der Waals surface area contributed by atoms with E-state index in [2.05, 4.69) is 4.90 Å². The molecule has 146 valence electrons. The van der Waals surface area contributed by atoms with Crippen molar-refractivity contribution >= 4 is 16.9 Å². The molecule has 1 aromatic carbocycles. The highest BCUT2D eigenvalue weighted by atomic mass is 16.5. The van der Waals surface area contributed by atoms with Crippen LogP contribution in [0.3, 0.4) is 0 Å². The highest BCUT2D eigenvalue weighted by molar-refractivity contribution is 5.87. The predicted molar refractivity (Wildman–Crippen MR) is 106 cm³/mol. The summed E-state index contributed by atoms with van der Waals surface area (Å²) >= 11 is 0. The highest BCUT2D eigenvalue weighted by Crippen LogP contribution is 2.31. The third-order valence-electron chi connectivity index (χ3n) is 6.49. The average Bonchev–Trinajstić information content (AvgIpc) is 3.39. The summed E-state index contributed by atoms with van der Waals surface area (Å²) in [4.78, 5) is 17.8. The molecule has 1 amide bonds. The molecule has 1 aliphatic heterocycles. The lowest BCUT2D eigenvalue weighted by Crippen LogP contribution is -2.55. The second-order valence-corrected chi connectivity index (χ2v) is 7.98. The standard InChI is InChI=1S/C22H30N2O3/c1-23(22(25)14-16-6-5-7-21-18(16)10-13-27-21)20-15-17(26-2)8-9-19(20)24-11-3-4-12-24/h5-7,10,13,17,19-20H,3-4,8-9,11-12,14-15H2,1-2H3/t17-,19+,20+/m0/s1. The fraction of sp³-hybridized carbons (Fsp3) is 0.591. The first-order valence-electron chi connectivity index (χ1n) is 10.1. The van der Waals surface area contributed by atoms with Crippen molar-refractivity contribution in [1.82, 2.24) is 9.80 Å². The van der Waals surface area contributed by atoms with E-state index in [9.17, 15) is 4.79 Å². The minimum atomic E-state index is 0.176. The quantitative estimate of drug-likeness (QED) is 0.809. The summed E-state index contributed by atoms with van der Waals surface area (Å²) in [5.74, 6) is 0.176. The van der Waals surface area contributed by atoms with Crippen LogP contribution in [0.15, 0.2) is 34.9 Å². The Bertz CT molecular complexity index is 781. The number of carbonyl (C=O) groups is 1. The molecule has 0 N–H and O–H groups in total. The van der Waals surface area contributed by atoms with Gasteiger partial charge in [0, 0.05) is 31.6 Å². The van der Waals surface area contributed by atoms with Crippen molar-refractivity contribution < 1.29 is 13.9 Å². The molecular formula is C22H30N2O3. The van der Waals surface area contributed by atoms with Crippen LogP contribution in [0, 0.1) is 0 Å². The third kappa shape index (κ3) is 3.76. The van der Waals surface area contributed by atoms with Gasteiger partial charge in [-0.15, -0.1) is 0 Å². The van der Waals surface area contributed by atoms with Gasteiger partial charge >= 0.3 is 0 Å². The number of hydrogen-bond donors (Lipinski definition) is 0. The second kappa shape index (κ2) is 8.03. The lowest BCUT2D eigenvalue weighted by Gasteiger charge is -2.44. The lowest BCUT2D eigenvalue weighted by atomic mass is 9.86. The molecule has 1 saturated heterocycles. The SMILES string of the molecule is CO[C@H]1CC[C@@H](N2CCCC2)[C@H](N(C)C(=O)Cc2cccc3occc23)C1. The van der Waals surface area contributed by atoms with Crippen LogP contribution < -0.4 is 0 Å². The Kier molecular flexibility index (Phi) is 5.50. The number of nitrogens with zero attached hydrogens (tertiary/aromatic N) is 2. The van der Waals surface area contributed by atoms with E-state index in [0.717, 1.165) is 48.9 Å². The number of amides is 1. The van der Waals surface area contributed by atoms with E-state index in [1.165, 1.54) is 12.8 Å². The number of likely N-dealkylation sites (N-methyl/N-ethyl adjacent to an activating group) is 1. The highest BCUT2D eigenvalue weighted by Gasteiger charge is 2.38. The topological polar surface area (TPSA) is 45.9 Å². The van der Waals surface area contributed by atoms with Gasteiger partial charge in [-0.05, 0) is 62.9 Å². The zero-order valence-electron chi connectivity index (χ0n) is 16.4. The van der Waals surface area contributed by atoms with Crippen LogP contribution >= 0.6 is 0 Å². The molecule has 1 saturated carbocycles. The van der Waals surface area contributed by atoms with Crippen LogP contribution in [-0.4, -0.2) is 61.1 Å². The molecule has 2 aliphatic rings. The van der Waals surface area contributed by atoms with E-state index in [4.69, 9.17) is 9.15 Å². The summed E-state index contributed by atoms with van der Waals surface area (Å²) in [7, 11) is 3.77. The van der Waals surface area contributed by atoms with Crippen LogP contribution in [0.1, 0.15) is 37.7 Å². The number of rotatable bonds is 5. The summed E-state index contributed by atoms with van der Waals surface area (Å²) < 4.78 is 11.1. The molecule has 1 aliphatic carbocycles. The Hall–Kier alpha value is -1.85. The number of likely N-dealkylation sites (tertiary alicyclic amines) is 1. The van der Waals surface area contributed by atoms with Gasteiger partial charge in [0.2, 0.25) is 5.91 Å². The Morgan fingerprint density at radius 2 is 2.07 bits per heavy atom. The first kappa shape index (κ1) is 18.5. The molecular weight excluding hydrogens is 340 g/mol. The van der Waals surface area contributed by atoms with Gasteiger partial charge in [0.15, 0.2) is 0 Å². The van der Waals surface area contributed by atoms with Crippen molar-refractivity contribution in [3.05, 3.63) is 36.1 Å². The van der Waals surface area contributed by atoms with E-state index >= 15 is 0 Å². The monoisotopic (exact) mass is 370 g/mol. The van der Waals surface area contributed by atoms with Crippen molar-refractivity contribution in [3.8, 4) is 0 Å². The fourth-order valence-corrected chi connectivity index (χ4v) is 4.91. The fourth-order valence-electron chi connectivity index (χ4n) is 4.91. The molecule has 0 unspecified atom stereocenters. The van der Waals surface area contributed by atoms with E-state index in [1.54, 1.807) is 13.4 Å². The van der Waals surface area contributed by atoms with Crippen molar-refractivity contribution in [2.75, 3.05) is 27.2 Å². The van der Waals surface area contributed by atoms with Gasteiger partial charge < -0.3 is 14.1 Å². The summed E-state index contributed by atoms with van der Waals surface area (Å²) in [5.41, 5.74) is 1.88. The number of fused-ring (bicyclic) bond motifs is 1. The third-order valence-corrected chi connectivity index (χ3v) is 6.49. The lowest BCUT2D eigenvalue weighted by molar-refractivity contribution is -0.134. The van der Waals surface area contributed by atoms with E-state index in [-0.39, 0.29) is 18.1 Å². The van der Waals surface area contributed by atoms with Crippen LogP contribution in [-0.2, 0) is 16.0 Å². The number of methoxy groups -OCH3 is 1. The Balaban J connectivity index is 1.51. The molecule has 0 bridgehead atoms. The zero-order valence-corrected chi connectivity index (χ0v) is 16.4. The molecule has 27 heavy (non-hydrogen) atoms. The van der Waals surface area contributed by atoms with Crippen LogP contribution in [0.5, 0.6) is 0 Å². The van der Waals surface area contributed by atoms with Gasteiger partial charge in [0.25, 0.3) is 0 Å². The van der Waals surface area contributed by atoms with Gasteiger partial charge in [-0.1, -0.05) is 12.1 Å². The molecule has 3 atom stereocenters. The second-order valence-electron chi connectivity index (χ2n) is 7.98. The molecule has 0 radical (unpaired) electrons. The molecule has 1 aromatic heterocycles. The van der Waals surface area contributed by atoms with Gasteiger partial charge in [-0.3, -0.25) is 9.69 Å². The summed E-state index contributed by atoms with van der Waals surface area (Å²) in [5, 5.41) is 1.04. The largest absolute Gasteiger partial charge is 0.464 e. The Labute approximate surface area is 161 Å². The zero-order chi connectivity index (χ0) is 18.8.